The number of carbonyl (C=O) groups is 1. The summed E-state index contributed by atoms with van der Waals surface area (Å²) in [5.74, 6) is 1.41. The molecule has 1 aliphatic heterocycles. The molecule has 0 atom stereocenters. The van der Waals surface area contributed by atoms with Gasteiger partial charge < -0.3 is 9.42 Å². The maximum atomic E-state index is 12.6. The number of aryl methyl sites for hydroxylation is 1. The fourth-order valence-corrected chi connectivity index (χ4v) is 2.89. The van der Waals surface area contributed by atoms with Gasteiger partial charge in [-0.3, -0.25) is 14.8 Å². The number of H-pyrrole nitrogens is 1. The molecule has 0 bridgehead atoms. The predicted molar refractivity (Wildman–Crippen MR) is 92.1 cm³/mol. The molecule has 8 heteroatoms. The van der Waals surface area contributed by atoms with Crippen molar-refractivity contribution in [3.63, 3.8) is 0 Å². The minimum Gasteiger partial charge on any atom is -0.339 e. The number of carbonyl (C=O) groups excluding carboxylic acids is 1. The summed E-state index contributed by atoms with van der Waals surface area (Å²) in [6.07, 6.45) is 2.53. The Morgan fingerprint density at radius 1 is 1.28 bits per heavy atom. The largest absolute Gasteiger partial charge is 0.339 e. The Hall–Kier alpha value is -2.22. The van der Waals surface area contributed by atoms with Gasteiger partial charge in [-0.15, -0.1) is 0 Å². The van der Waals surface area contributed by atoms with Crippen molar-refractivity contribution in [3.8, 4) is 0 Å². The van der Waals surface area contributed by atoms with Crippen molar-refractivity contribution in [2.45, 2.75) is 46.1 Å². The maximum Gasteiger partial charge on any atom is 0.257 e. The highest BCUT2D eigenvalue weighted by Crippen LogP contribution is 2.20. The van der Waals surface area contributed by atoms with E-state index in [2.05, 4.69) is 46.0 Å². The number of rotatable bonds is 3. The Morgan fingerprint density at radius 3 is 2.72 bits per heavy atom. The van der Waals surface area contributed by atoms with Gasteiger partial charge in [0.2, 0.25) is 5.89 Å². The van der Waals surface area contributed by atoms with Crippen LogP contribution >= 0.6 is 0 Å². The second-order valence-electron chi connectivity index (χ2n) is 7.60. The molecule has 0 unspecified atom stereocenters. The minimum atomic E-state index is -0.143. The van der Waals surface area contributed by atoms with Gasteiger partial charge in [-0.2, -0.15) is 10.1 Å². The lowest BCUT2D eigenvalue weighted by Gasteiger charge is -2.21. The first kappa shape index (κ1) is 17.6. The van der Waals surface area contributed by atoms with E-state index in [0.29, 0.717) is 30.4 Å². The highest BCUT2D eigenvalue weighted by atomic mass is 16.5. The van der Waals surface area contributed by atoms with E-state index in [9.17, 15) is 4.79 Å². The summed E-state index contributed by atoms with van der Waals surface area (Å²) in [7, 11) is 0. The smallest absolute Gasteiger partial charge is 0.257 e. The second-order valence-corrected chi connectivity index (χ2v) is 7.60. The molecule has 0 aromatic carbocycles. The first-order valence-corrected chi connectivity index (χ1v) is 8.69. The molecule has 25 heavy (non-hydrogen) atoms. The third-order valence-electron chi connectivity index (χ3n) is 4.41. The molecule has 2 aromatic heterocycles. The molecule has 1 amide bonds. The van der Waals surface area contributed by atoms with Crippen LogP contribution in [0.1, 0.15) is 55.0 Å². The lowest BCUT2D eigenvalue weighted by molar-refractivity contribution is 0.0760. The molecule has 0 radical (unpaired) electrons. The summed E-state index contributed by atoms with van der Waals surface area (Å²) in [5, 5.41) is 10.9. The average Bonchev–Trinajstić information content (AvgIpc) is 3.11. The average molecular weight is 346 g/mol. The Morgan fingerprint density at radius 2 is 2.08 bits per heavy atom. The molecule has 3 rings (SSSR count). The van der Waals surface area contributed by atoms with Gasteiger partial charge in [-0.25, -0.2) is 0 Å². The molecule has 8 nitrogen and oxygen atoms in total. The number of aromatic nitrogens is 4. The van der Waals surface area contributed by atoms with Crippen LogP contribution < -0.4 is 0 Å². The lowest BCUT2D eigenvalue weighted by Crippen LogP contribution is -2.35. The fourth-order valence-electron chi connectivity index (χ4n) is 2.89. The SMILES string of the molecule is Cc1[nH]ncc1C(=O)N1CCCN(Cc2noc(C(C)(C)C)n2)CC1. The van der Waals surface area contributed by atoms with Crippen LogP contribution in [0.3, 0.4) is 0 Å². The Labute approximate surface area is 147 Å². The predicted octanol–water partition coefficient (Wildman–Crippen LogP) is 1.75. The van der Waals surface area contributed by atoms with Crippen LogP contribution in [0, 0.1) is 6.92 Å². The molecule has 2 aromatic rings. The van der Waals surface area contributed by atoms with E-state index in [0.717, 1.165) is 31.7 Å². The molecule has 3 heterocycles. The maximum absolute atomic E-state index is 12.6. The highest BCUT2D eigenvalue weighted by molar-refractivity contribution is 5.95. The van der Waals surface area contributed by atoms with Crippen molar-refractivity contribution in [1.82, 2.24) is 30.1 Å². The third-order valence-corrected chi connectivity index (χ3v) is 4.41. The third kappa shape index (κ3) is 4.07. The molecular weight excluding hydrogens is 320 g/mol. The normalized spacial score (nSPS) is 16.9. The van der Waals surface area contributed by atoms with Gasteiger partial charge in [-0.05, 0) is 13.3 Å². The van der Waals surface area contributed by atoms with Crippen LogP contribution in [0.15, 0.2) is 10.7 Å². The first-order chi connectivity index (χ1) is 11.8. The van der Waals surface area contributed by atoms with Gasteiger partial charge in [-0.1, -0.05) is 25.9 Å². The van der Waals surface area contributed by atoms with Crippen molar-refractivity contribution < 1.29 is 9.32 Å². The second kappa shape index (κ2) is 6.95. The molecule has 0 aliphatic carbocycles. The molecule has 0 saturated carbocycles. The number of amides is 1. The van der Waals surface area contributed by atoms with E-state index < -0.39 is 0 Å². The van der Waals surface area contributed by atoms with Crippen molar-refractivity contribution in [2.75, 3.05) is 26.2 Å². The van der Waals surface area contributed by atoms with E-state index >= 15 is 0 Å². The summed E-state index contributed by atoms with van der Waals surface area (Å²) < 4.78 is 5.36. The van der Waals surface area contributed by atoms with Gasteiger partial charge in [0, 0.05) is 37.3 Å². The topological polar surface area (TPSA) is 91.2 Å². The number of hydrogen-bond donors (Lipinski definition) is 1. The monoisotopic (exact) mass is 346 g/mol. The van der Waals surface area contributed by atoms with E-state index in [1.165, 1.54) is 0 Å². The van der Waals surface area contributed by atoms with Crippen molar-refractivity contribution in [2.24, 2.45) is 0 Å². The fraction of sp³-hybridized carbons (Fsp3) is 0.647. The number of hydrogen-bond acceptors (Lipinski definition) is 6. The molecular formula is C17H26N6O2. The Bertz CT molecular complexity index is 730. The van der Waals surface area contributed by atoms with Crippen LogP contribution in [0.25, 0.3) is 0 Å². The number of aromatic amines is 1. The number of nitrogens with one attached hydrogen (secondary N) is 1. The number of nitrogens with zero attached hydrogens (tertiary/aromatic N) is 5. The molecule has 1 saturated heterocycles. The zero-order valence-corrected chi connectivity index (χ0v) is 15.4. The van der Waals surface area contributed by atoms with Gasteiger partial charge in [0.05, 0.1) is 18.3 Å². The van der Waals surface area contributed by atoms with E-state index in [-0.39, 0.29) is 11.3 Å². The molecule has 1 fully saturated rings. The summed E-state index contributed by atoms with van der Waals surface area (Å²) in [4.78, 5) is 21.3. The van der Waals surface area contributed by atoms with Gasteiger partial charge >= 0.3 is 0 Å². The van der Waals surface area contributed by atoms with Gasteiger partial charge in [0.15, 0.2) is 5.82 Å². The highest BCUT2D eigenvalue weighted by Gasteiger charge is 2.25. The van der Waals surface area contributed by atoms with Gasteiger partial charge in [0.25, 0.3) is 5.91 Å². The first-order valence-electron chi connectivity index (χ1n) is 8.69. The molecule has 0 spiro atoms. The van der Waals surface area contributed by atoms with Gasteiger partial charge in [0.1, 0.15) is 0 Å². The Kier molecular flexibility index (Phi) is 4.89. The standard InChI is InChI=1S/C17H26N6O2/c1-12-13(10-18-20-12)15(24)23-7-5-6-22(8-9-23)11-14-19-16(25-21-14)17(2,3)4/h10H,5-9,11H2,1-4H3,(H,18,20). The van der Waals surface area contributed by atoms with Crippen molar-refractivity contribution >= 4 is 5.91 Å². The Balaban J connectivity index is 1.59. The van der Waals surface area contributed by atoms with E-state index in [4.69, 9.17) is 4.52 Å². The molecule has 1 N–H and O–H groups in total. The molecule has 1 aliphatic rings. The quantitative estimate of drug-likeness (QED) is 0.910. The van der Waals surface area contributed by atoms with Crippen LogP contribution in [0.2, 0.25) is 0 Å². The van der Waals surface area contributed by atoms with Crippen molar-refractivity contribution in [1.29, 1.82) is 0 Å². The van der Waals surface area contributed by atoms with Crippen molar-refractivity contribution in [3.05, 3.63) is 29.2 Å². The summed E-state index contributed by atoms with van der Waals surface area (Å²) in [5.41, 5.74) is 1.32. The summed E-state index contributed by atoms with van der Waals surface area (Å²) in [6, 6.07) is 0. The summed E-state index contributed by atoms with van der Waals surface area (Å²) >= 11 is 0. The lowest BCUT2D eigenvalue weighted by atomic mass is 9.97. The van der Waals surface area contributed by atoms with Crippen LogP contribution in [0.5, 0.6) is 0 Å². The zero-order valence-electron chi connectivity index (χ0n) is 15.4. The van der Waals surface area contributed by atoms with Crippen LogP contribution in [0.4, 0.5) is 0 Å². The zero-order chi connectivity index (χ0) is 18.0. The van der Waals surface area contributed by atoms with Crippen LogP contribution in [-0.4, -0.2) is 62.2 Å². The van der Waals surface area contributed by atoms with E-state index in [1.807, 2.05) is 11.8 Å². The minimum absolute atomic E-state index is 0.0441. The molecule has 136 valence electrons. The summed E-state index contributed by atoms with van der Waals surface area (Å²) in [6.45, 7) is 11.8. The van der Waals surface area contributed by atoms with E-state index in [1.54, 1.807) is 6.20 Å². The van der Waals surface area contributed by atoms with Crippen LogP contribution in [-0.2, 0) is 12.0 Å².